The molecule has 5 rings (SSSR count). The number of Topliss-reactive ketones (excluding diaryl/α,β-unsaturated/α-hetero) is 1. The molecule has 0 atom stereocenters. The fraction of sp³-hybridized carbons (Fsp3) is 0.967. The van der Waals surface area contributed by atoms with E-state index in [4.69, 9.17) is 23.2 Å². The Labute approximate surface area is 213 Å². The van der Waals surface area contributed by atoms with Gasteiger partial charge in [0.1, 0.15) is 4.33 Å². The quantitative estimate of drug-likeness (QED) is 0.355. The molecule has 5 fully saturated rings. The lowest BCUT2D eigenvalue weighted by Crippen LogP contribution is -2.74. The molecule has 0 aromatic heterocycles. The number of carbonyl (C=O) groups is 1. The van der Waals surface area contributed by atoms with E-state index in [-0.39, 0.29) is 0 Å². The van der Waals surface area contributed by atoms with E-state index in [1.807, 2.05) is 0 Å². The van der Waals surface area contributed by atoms with Gasteiger partial charge in [-0.25, -0.2) is 0 Å². The highest BCUT2D eigenvalue weighted by molar-refractivity contribution is 6.55. The smallest absolute Gasteiger partial charge is 0.151 e. The van der Waals surface area contributed by atoms with Crippen molar-refractivity contribution in [3.8, 4) is 0 Å². The molecule has 0 saturated heterocycles. The van der Waals surface area contributed by atoms with Crippen LogP contribution in [0.25, 0.3) is 0 Å². The molecule has 0 bridgehead atoms. The zero-order valence-corrected chi connectivity index (χ0v) is 22.9. The Morgan fingerprint density at radius 2 is 0.879 bits per heavy atom. The topological polar surface area (TPSA) is 17.1 Å². The van der Waals surface area contributed by atoms with Gasteiger partial charge in [-0.05, 0) is 113 Å². The molecule has 1 nitrogen and oxygen atoms in total. The monoisotopic (exact) mass is 494 g/mol. The van der Waals surface area contributed by atoms with Gasteiger partial charge >= 0.3 is 0 Å². The zero-order valence-electron chi connectivity index (χ0n) is 21.4. The maximum Gasteiger partial charge on any atom is 0.151 e. The summed E-state index contributed by atoms with van der Waals surface area (Å²) in [6.07, 6.45) is 22.5. The lowest BCUT2D eigenvalue weighted by atomic mass is 9.41. The first kappa shape index (κ1) is 24.9. The molecule has 0 aliphatic heterocycles. The molecule has 0 aromatic rings. The van der Waals surface area contributed by atoms with Gasteiger partial charge in [0.15, 0.2) is 5.78 Å². The molecule has 0 aromatic carbocycles. The standard InChI is InChI=1S/C30H48Cl2O/c1-3-21-5-9-23(10-6-21)25-13-17-28(18-14-25)27(33)29(30(28,31)32)19-15-26(16-20-29)24-11-7-22(4-2)8-12-24/h21-26H,3-20H2,1-2H3/t21-,22-,23-,24-,25?,26?,28?,29?. The highest BCUT2D eigenvalue weighted by Crippen LogP contribution is 2.75. The molecule has 0 N–H and O–H groups in total. The Balaban J connectivity index is 1.17. The van der Waals surface area contributed by atoms with Crippen molar-refractivity contribution in [1.82, 2.24) is 0 Å². The van der Waals surface area contributed by atoms with Crippen LogP contribution < -0.4 is 0 Å². The average Bonchev–Trinajstić information content (AvgIpc) is 2.88. The van der Waals surface area contributed by atoms with E-state index in [2.05, 4.69) is 13.8 Å². The van der Waals surface area contributed by atoms with Gasteiger partial charge in [0.05, 0.1) is 10.8 Å². The Hall–Kier alpha value is 0.250. The molecule has 5 saturated carbocycles. The van der Waals surface area contributed by atoms with Gasteiger partial charge < -0.3 is 0 Å². The van der Waals surface area contributed by atoms with Gasteiger partial charge in [0.2, 0.25) is 0 Å². The van der Waals surface area contributed by atoms with E-state index in [9.17, 15) is 4.79 Å². The summed E-state index contributed by atoms with van der Waals surface area (Å²) in [6.45, 7) is 4.69. The molecule has 0 heterocycles. The summed E-state index contributed by atoms with van der Waals surface area (Å²) >= 11 is 14.5. The minimum atomic E-state index is -0.827. The molecule has 0 radical (unpaired) electrons. The number of hydrogen-bond acceptors (Lipinski definition) is 1. The van der Waals surface area contributed by atoms with Gasteiger partial charge in [-0.3, -0.25) is 4.79 Å². The maximum atomic E-state index is 13.9. The first-order chi connectivity index (χ1) is 15.9. The van der Waals surface area contributed by atoms with Crippen LogP contribution in [0.4, 0.5) is 0 Å². The van der Waals surface area contributed by atoms with Crippen LogP contribution in [0.3, 0.4) is 0 Å². The van der Waals surface area contributed by atoms with Crippen LogP contribution in [-0.4, -0.2) is 10.1 Å². The van der Waals surface area contributed by atoms with E-state index in [0.29, 0.717) is 5.78 Å². The molecule has 0 unspecified atom stereocenters. The second kappa shape index (κ2) is 9.61. The van der Waals surface area contributed by atoms with Crippen molar-refractivity contribution < 1.29 is 4.79 Å². The van der Waals surface area contributed by atoms with Crippen LogP contribution in [0.15, 0.2) is 0 Å². The predicted octanol–water partition coefficient (Wildman–Crippen LogP) is 9.53. The summed E-state index contributed by atoms with van der Waals surface area (Å²) in [5.74, 6) is 5.76. The van der Waals surface area contributed by atoms with Gasteiger partial charge in [-0.15, -0.1) is 0 Å². The van der Waals surface area contributed by atoms with Crippen molar-refractivity contribution in [2.24, 2.45) is 46.3 Å². The van der Waals surface area contributed by atoms with E-state index >= 15 is 0 Å². The summed E-state index contributed by atoms with van der Waals surface area (Å²) in [7, 11) is 0. The van der Waals surface area contributed by atoms with Crippen LogP contribution in [0.1, 0.15) is 129 Å². The maximum absolute atomic E-state index is 13.9. The fourth-order valence-corrected chi connectivity index (χ4v) is 10.7. The molecule has 188 valence electrons. The second-order valence-corrected chi connectivity index (χ2v) is 14.4. The Bertz CT molecular complexity index is 626. The zero-order chi connectivity index (χ0) is 23.3. The highest BCUT2D eigenvalue weighted by atomic mass is 35.5. The number of hydrogen-bond donors (Lipinski definition) is 0. The van der Waals surface area contributed by atoms with Crippen molar-refractivity contribution in [2.45, 2.75) is 134 Å². The summed E-state index contributed by atoms with van der Waals surface area (Å²) in [6, 6.07) is 0. The summed E-state index contributed by atoms with van der Waals surface area (Å²) in [4.78, 5) is 13.9. The summed E-state index contributed by atoms with van der Waals surface area (Å²) in [5.41, 5.74) is -0.863. The van der Waals surface area contributed by atoms with Crippen LogP contribution >= 0.6 is 23.2 Å². The number of rotatable bonds is 4. The minimum Gasteiger partial charge on any atom is -0.298 e. The van der Waals surface area contributed by atoms with Crippen molar-refractivity contribution in [3.63, 3.8) is 0 Å². The van der Waals surface area contributed by atoms with Crippen molar-refractivity contribution in [1.29, 1.82) is 0 Å². The number of alkyl halides is 2. The van der Waals surface area contributed by atoms with Crippen LogP contribution in [0.5, 0.6) is 0 Å². The highest BCUT2D eigenvalue weighted by Gasteiger charge is 2.79. The van der Waals surface area contributed by atoms with Crippen molar-refractivity contribution >= 4 is 29.0 Å². The third-order valence-corrected chi connectivity index (χ3v) is 13.6. The number of ketones is 1. The van der Waals surface area contributed by atoms with E-state index in [0.717, 1.165) is 61.2 Å². The molecule has 33 heavy (non-hydrogen) atoms. The number of carbonyl (C=O) groups excluding carboxylic acids is 1. The largest absolute Gasteiger partial charge is 0.298 e. The molecule has 5 aliphatic rings. The molecule has 0 amide bonds. The van der Waals surface area contributed by atoms with E-state index in [1.54, 1.807) is 0 Å². The first-order valence-corrected chi connectivity index (χ1v) is 15.5. The fourth-order valence-electron chi connectivity index (χ4n) is 9.57. The van der Waals surface area contributed by atoms with Gasteiger partial charge in [0.25, 0.3) is 0 Å². The van der Waals surface area contributed by atoms with Gasteiger partial charge in [0, 0.05) is 0 Å². The molecular formula is C30H48Cl2O. The minimum absolute atomic E-state index is 0.431. The Kier molecular flexibility index (Phi) is 7.26. The summed E-state index contributed by atoms with van der Waals surface area (Å²) < 4.78 is -0.827. The molecule has 3 heteroatoms. The third-order valence-electron chi connectivity index (χ3n) is 12.1. The van der Waals surface area contributed by atoms with Gasteiger partial charge in [-0.1, -0.05) is 75.6 Å². The van der Waals surface area contributed by atoms with Crippen LogP contribution in [0.2, 0.25) is 0 Å². The van der Waals surface area contributed by atoms with Crippen molar-refractivity contribution in [3.05, 3.63) is 0 Å². The van der Waals surface area contributed by atoms with Crippen LogP contribution in [0, 0.1) is 46.3 Å². The lowest BCUT2D eigenvalue weighted by Gasteiger charge is -2.67. The predicted molar refractivity (Wildman–Crippen MR) is 140 cm³/mol. The number of halogens is 2. The normalized spacial score (nSPS) is 48.1. The average molecular weight is 496 g/mol. The molecule has 2 spiro atoms. The van der Waals surface area contributed by atoms with Crippen LogP contribution in [-0.2, 0) is 4.79 Å². The summed E-state index contributed by atoms with van der Waals surface area (Å²) in [5, 5.41) is 0. The van der Waals surface area contributed by atoms with E-state index in [1.165, 1.54) is 89.9 Å². The third kappa shape index (κ3) is 3.97. The molecular weight excluding hydrogens is 447 g/mol. The van der Waals surface area contributed by atoms with E-state index < -0.39 is 15.2 Å². The Morgan fingerprint density at radius 3 is 1.15 bits per heavy atom. The van der Waals surface area contributed by atoms with Crippen molar-refractivity contribution in [2.75, 3.05) is 0 Å². The SMILES string of the molecule is CC[C@H]1CC[C@H](C2CCC3(CC2)C(=O)C2(CCC([C@H]4CC[C@H](CC)CC4)CC2)C3(Cl)Cl)CC1. The second-order valence-electron chi connectivity index (χ2n) is 13.1. The first-order valence-electron chi connectivity index (χ1n) is 14.8. The molecule has 5 aliphatic carbocycles. The lowest BCUT2D eigenvalue weighted by molar-refractivity contribution is -0.173. The van der Waals surface area contributed by atoms with Gasteiger partial charge in [-0.2, -0.15) is 0 Å². The Morgan fingerprint density at radius 1 is 0.576 bits per heavy atom.